The molecule has 5 heteroatoms. The van der Waals surface area contributed by atoms with Crippen LogP contribution in [0.2, 0.25) is 0 Å². The van der Waals surface area contributed by atoms with Crippen LogP contribution in [0.15, 0.2) is 12.1 Å². The number of hydrogen-bond donors (Lipinski definition) is 1. The van der Waals surface area contributed by atoms with Crippen molar-refractivity contribution in [3.05, 3.63) is 29.3 Å². The fourth-order valence-corrected chi connectivity index (χ4v) is 2.72. The monoisotopic (exact) mass is 288 g/mol. The maximum absolute atomic E-state index is 14.1. The first-order valence-electron chi connectivity index (χ1n) is 6.32. The summed E-state index contributed by atoms with van der Waals surface area (Å²) in [5, 5.41) is 0. The second-order valence-corrected chi connectivity index (χ2v) is 5.92. The van der Waals surface area contributed by atoms with Gasteiger partial charge in [0.05, 0.1) is 0 Å². The molecule has 2 N–H and O–H groups in total. The minimum Gasteiger partial charge on any atom is -0.366 e. The lowest BCUT2D eigenvalue weighted by Gasteiger charge is -2.27. The first kappa shape index (κ1) is 16.2. The topological polar surface area (TPSA) is 29.3 Å². The number of hydrogen-bond acceptors (Lipinski definition) is 3. The summed E-state index contributed by atoms with van der Waals surface area (Å²) in [5.41, 5.74) is 6.29. The van der Waals surface area contributed by atoms with Gasteiger partial charge in [0.15, 0.2) is 0 Å². The normalized spacial score (nSPS) is 14.3. The molecule has 2 unspecified atom stereocenters. The van der Waals surface area contributed by atoms with Crippen LogP contribution >= 0.6 is 11.8 Å². The molecule has 0 amide bonds. The Bertz CT molecular complexity index is 401. The fraction of sp³-hybridized carbons (Fsp3) is 0.571. The van der Waals surface area contributed by atoms with Crippen molar-refractivity contribution < 1.29 is 8.78 Å². The van der Waals surface area contributed by atoms with Crippen molar-refractivity contribution >= 4 is 17.4 Å². The molecule has 0 saturated heterocycles. The lowest BCUT2D eigenvalue weighted by Crippen LogP contribution is -2.32. The molecular formula is C14H22F2N2S. The van der Waals surface area contributed by atoms with Gasteiger partial charge in [0.1, 0.15) is 17.3 Å². The first-order chi connectivity index (χ1) is 8.86. The average molecular weight is 288 g/mol. The van der Waals surface area contributed by atoms with Crippen LogP contribution in [0.3, 0.4) is 0 Å². The minimum absolute atomic E-state index is 0.0370. The average Bonchev–Trinajstić information content (AvgIpc) is 2.27. The van der Waals surface area contributed by atoms with Gasteiger partial charge in [-0.3, -0.25) is 0 Å². The maximum Gasteiger partial charge on any atom is 0.149 e. The number of nitrogens with zero attached hydrogens (tertiary/aromatic N) is 1. The lowest BCUT2D eigenvalue weighted by atomic mass is 10.1. The van der Waals surface area contributed by atoms with Crippen LogP contribution < -0.4 is 10.6 Å². The summed E-state index contributed by atoms with van der Waals surface area (Å²) in [5.74, 6) is -0.228. The van der Waals surface area contributed by atoms with Crippen molar-refractivity contribution in [1.29, 1.82) is 0 Å². The number of halogens is 2. The highest BCUT2D eigenvalue weighted by Crippen LogP contribution is 2.26. The van der Waals surface area contributed by atoms with Crippen LogP contribution in [-0.4, -0.2) is 31.1 Å². The number of nitrogens with two attached hydrogens (primary N) is 1. The number of benzene rings is 1. The Balaban J connectivity index is 3.02. The van der Waals surface area contributed by atoms with Crippen molar-refractivity contribution in [1.82, 2.24) is 0 Å². The number of thioether (sulfide) groups is 1. The van der Waals surface area contributed by atoms with E-state index in [1.807, 2.05) is 20.1 Å². The van der Waals surface area contributed by atoms with Gasteiger partial charge in [0, 0.05) is 24.9 Å². The van der Waals surface area contributed by atoms with Gasteiger partial charge in [-0.25, -0.2) is 8.78 Å². The van der Waals surface area contributed by atoms with E-state index in [0.717, 1.165) is 5.75 Å². The van der Waals surface area contributed by atoms with E-state index in [2.05, 4.69) is 0 Å². The van der Waals surface area contributed by atoms with Gasteiger partial charge >= 0.3 is 0 Å². The Labute approximate surface area is 118 Å². The van der Waals surface area contributed by atoms with Crippen molar-refractivity contribution in [3.63, 3.8) is 0 Å². The molecule has 0 heterocycles. The zero-order valence-electron chi connectivity index (χ0n) is 11.9. The third-order valence-corrected chi connectivity index (χ3v) is 3.87. The molecule has 108 valence electrons. The molecule has 0 aliphatic heterocycles. The summed E-state index contributed by atoms with van der Waals surface area (Å²) in [6.45, 7) is 3.77. The molecule has 19 heavy (non-hydrogen) atoms. The highest BCUT2D eigenvalue weighted by molar-refractivity contribution is 7.98. The van der Waals surface area contributed by atoms with Crippen LogP contribution in [0, 0.1) is 11.6 Å². The van der Waals surface area contributed by atoms with Crippen molar-refractivity contribution in [3.8, 4) is 0 Å². The Morgan fingerprint density at radius 2 is 1.79 bits per heavy atom. The van der Waals surface area contributed by atoms with E-state index in [9.17, 15) is 8.78 Å². The molecule has 0 spiro atoms. The smallest absolute Gasteiger partial charge is 0.149 e. The van der Waals surface area contributed by atoms with Crippen LogP contribution in [0.4, 0.5) is 14.5 Å². The van der Waals surface area contributed by atoms with Crippen LogP contribution in [-0.2, 0) is 6.42 Å². The predicted molar refractivity (Wildman–Crippen MR) is 80.0 cm³/mol. The van der Waals surface area contributed by atoms with Crippen molar-refractivity contribution in [2.75, 3.05) is 24.0 Å². The minimum atomic E-state index is -0.522. The first-order valence-corrected chi connectivity index (χ1v) is 7.71. The third-order valence-electron chi connectivity index (χ3n) is 3.06. The number of rotatable bonds is 6. The van der Waals surface area contributed by atoms with Gasteiger partial charge in [-0.2, -0.15) is 11.8 Å². The summed E-state index contributed by atoms with van der Waals surface area (Å²) in [7, 11) is 1.72. The molecule has 0 aliphatic rings. The SMILES string of the molecule is CSCC(C)N(C)c1c(F)cc(CC(C)N)cc1F. The van der Waals surface area contributed by atoms with E-state index in [0.29, 0.717) is 12.0 Å². The summed E-state index contributed by atoms with van der Waals surface area (Å²) in [4.78, 5) is 1.65. The molecule has 2 nitrogen and oxygen atoms in total. The highest BCUT2D eigenvalue weighted by Gasteiger charge is 2.19. The molecule has 0 radical (unpaired) electrons. The third kappa shape index (κ3) is 4.35. The molecule has 0 aliphatic carbocycles. The standard InChI is InChI=1S/C14H22F2N2S/c1-9(17)5-11-6-12(15)14(13(16)7-11)18(3)10(2)8-19-4/h6-7,9-10H,5,8,17H2,1-4H3. The molecule has 0 bridgehead atoms. The molecule has 1 aromatic carbocycles. The van der Waals surface area contributed by atoms with Crippen molar-refractivity contribution in [2.24, 2.45) is 5.73 Å². The van der Waals surface area contributed by atoms with E-state index >= 15 is 0 Å². The van der Waals surface area contributed by atoms with E-state index in [-0.39, 0.29) is 17.8 Å². The Hall–Kier alpha value is -0.810. The second kappa shape index (κ2) is 7.10. The Morgan fingerprint density at radius 1 is 1.26 bits per heavy atom. The van der Waals surface area contributed by atoms with E-state index in [1.54, 1.807) is 23.7 Å². The van der Waals surface area contributed by atoms with Gasteiger partial charge in [0.2, 0.25) is 0 Å². The Morgan fingerprint density at radius 3 is 2.21 bits per heavy atom. The van der Waals surface area contributed by atoms with Gasteiger partial charge in [-0.15, -0.1) is 0 Å². The quantitative estimate of drug-likeness (QED) is 0.872. The van der Waals surface area contributed by atoms with Crippen LogP contribution in [0.5, 0.6) is 0 Å². The summed E-state index contributed by atoms with van der Waals surface area (Å²) in [6.07, 6.45) is 2.45. The van der Waals surface area contributed by atoms with Gasteiger partial charge in [-0.1, -0.05) is 0 Å². The second-order valence-electron chi connectivity index (χ2n) is 5.00. The molecule has 1 rings (SSSR count). The van der Waals surface area contributed by atoms with E-state index in [4.69, 9.17) is 5.73 Å². The maximum atomic E-state index is 14.1. The van der Waals surface area contributed by atoms with E-state index < -0.39 is 11.6 Å². The van der Waals surface area contributed by atoms with Crippen molar-refractivity contribution in [2.45, 2.75) is 32.4 Å². The molecule has 1 aromatic rings. The molecule has 0 saturated carbocycles. The van der Waals surface area contributed by atoms with Gasteiger partial charge in [-0.05, 0) is 44.2 Å². The fourth-order valence-electron chi connectivity index (χ4n) is 2.02. The largest absolute Gasteiger partial charge is 0.366 e. The van der Waals surface area contributed by atoms with E-state index in [1.165, 1.54) is 12.1 Å². The molecule has 0 aromatic heterocycles. The van der Waals surface area contributed by atoms with Crippen LogP contribution in [0.25, 0.3) is 0 Å². The Kier molecular flexibility index (Phi) is 6.07. The summed E-state index contributed by atoms with van der Waals surface area (Å²) in [6, 6.07) is 2.71. The summed E-state index contributed by atoms with van der Waals surface area (Å²) < 4.78 is 28.2. The summed E-state index contributed by atoms with van der Waals surface area (Å²) >= 11 is 1.65. The predicted octanol–water partition coefficient (Wildman–Crippen LogP) is 3.04. The lowest BCUT2D eigenvalue weighted by molar-refractivity contribution is 0.563. The van der Waals surface area contributed by atoms with Gasteiger partial charge < -0.3 is 10.6 Å². The molecule has 0 fully saturated rings. The number of anilines is 1. The zero-order valence-corrected chi connectivity index (χ0v) is 12.7. The molecular weight excluding hydrogens is 266 g/mol. The zero-order chi connectivity index (χ0) is 14.6. The highest BCUT2D eigenvalue weighted by atomic mass is 32.2. The molecule has 2 atom stereocenters. The van der Waals surface area contributed by atoms with Crippen LogP contribution in [0.1, 0.15) is 19.4 Å². The van der Waals surface area contributed by atoms with Gasteiger partial charge in [0.25, 0.3) is 0 Å².